The largest absolute Gasteiger partial charge is 0.397 e. The van der Waals surface area contributed by atoms with E-state index < -0.39 is 0 Å². The van der Waals surface area contributed by atoms with Gasteiger partial charge in [-0.25, -0.2) is 0 Å². The quantitative estimate of drug-likeness (QED) is 0.884. The number of anilines is 2. The van der Waals surface area contributed by atoms with Crippen molar-refractivity contribution in [3.05, 3.63) is 40.2 Å². The number of nitrogens with two attached hydrogens (primary N) is 1. The summed E-state index contributed by atoms with van der Waals surface area (Å²) >= 11 is 6.43. The van der Waals surface area contributed by atoms with Crippen LogP contribution in [0.15, 0.2) is 18.2 Å². The van der Waals surface area contributed by atoms with Crippen LogP contribution in [0.4, 0.5) is 11.4 Å². The zero-order chi connectivity index (χ0) is 14.3. The Morgan fingerprint density at radius 3 is 2.90 bits per heavy atom. The van der Waals surface area contributed by atoms with E-state index in [1.807, 2.05) is 23.9 Å². The Kier molecular flexibility index (Phi) is 3.34. The summed E-state index contributed by atoms with van der Waals surface area (Å²) in [7, 11) is 1.95. The molecule has 0 saturated carbocycles. The summed E-state index contributed by atoms with van der Waals surface area (Å²) in [5, 5.41) is 5.27. The number of nitrogens with zero attached hydrogens (tertiary/aromatic N) is 3. The molecule has 2 heterocycles. The zero-order valence-electron chi connectivity index (χ0n) is 11.9. The first-order chi connectivity index (χ1) is 9.61. The lowest BCUT2D eigenvalue weighted by Gasteiger charge is -2.21. The fourth-order valence-corrected chi connectivity index (χ4v) is 3.25. The third kappa shape index (κ3) is 2.04. The second-order valence-corrected chi connectivity index (χ2v) is 5.59. The minimum atomic E-state index is 0.754. The van der Waals surface area contributed by atoms with E-state index in [1.54, 1.807) is 0 Å². The summed E-state index contributed by atoms with van der Waals surface area (Å²) in [4.78, 5) is 2.30. The molecule has 106 valence electrons. The van der Waals surface area contributed by atoms with E-state index in [0.29, 0.717) is 0 Å². The van der Waals surface area contributed by atoms with Gasteiger partial charge in [-0.3, -0.25) is 4.68 Å². The van der Waals surface area contributed by atoms with Crippen molar-refractivity contribution < 1.29 is 0 Å². The number of aromatic nitrogens is 2. The number of hydrogen-bond donors (Lipinski definition) is 1. The number of hydrogen-bond acceptors (Lipinski definition) is 3. The SMILES string of the molecule is CCc1nn(C)c(CN2CCc3cccc(N)c32)c1Cl. The molecule has 0 radical (unpaired) electrons. The van der Waals surface area contributed by atoms with Gasteiger partial charge in [0, 0.05) is 13.6 Å². The van der Waals surface area contributed by atoms with Gasteiger partial charge >= 0.3 is 0 Å². The fourth-order valence-electron chi connectivity index (χ4n) is 2.90. The smallest absolute Gasteiger partial charge is 0.0868 e. The maximum atomic E-state index is 6.43. The van der Waals surface area contributed by atoms with Crippen molar-refractivity contribution in [2.75, 3.05) is 17.2 Å². The van der Waals surface area contributed by atoms with Crippen LogP contribution in [0, 0.1) is 0 Å². The van der Waals surface area contributed by atoms with Crippen molar-refractivity contribution in [1.82, 2.24) is 9.78 Å². The second kappa shape index (κ2) is 5.02. The van der Waals surface area contributed by atoms with Crippen LogP contribution in [0.5, 0.6) is 0 Å². The van der Waals surface area contributed by atoms with Crippen molar-refractivity contribution in [2.24, 2.45) is 7.05 Å². The van der Waals surface area contributed by atoms with Crippen LogP contribution in [-0.4, -0.2) is 16.3 Å². The van der Waals surface area contributed by atoms with Gasteiger partial charge in [-0.2, -0.15) is 5.10 Å². The molecule has 1 aromatic heterocycles. The number of halogens is 1. The predicted octanol–water partition coefficient (Wildman–Crippen LogP) is 2.78. The number of nitrogen functional groups attached to an aromatic ring is 1. The molecule has 0 amide bonds. The van der Waals surface area contributed by atoms with E-state index in [1.165, 1.54) is 5.56 Å². The van der Waals surface area contributed by atoms with Gasteiger partial charge in [-0.05, 0) is 24.5 Å². The van der Waals surface area contributed by atoms with Crippen LogP contribution in [0.3, 0.4) is 0 Å². The molecule has 0 spiro atoms. The molecule has 2 N–H and O–H groups in total. The Labute approximate surface area is 124 Å². The molecule has 1 aliphatic heterocycles. The Hall–Kier alpha value is -1.68. The van der Waals surface area contributed by atoms with E-state index >= 15 is 0 Å². The molecule has 3 rings (SSSR count). The first-order valence-electron chi connectivity index (χ1n) is 6.94. The lowest BCUT2D eigenvalue weighted by atomic mass is 10.1. The van der Waals surface area contributed by atoms with Crippen LogP contribution in [-0.2, 0) is 26.4 Å². The highest BCUT2D eigenvalue weighted by Crippen LogP contribution is 2.35. The third-order valence-corrected chi connectivity index (χ3v) is 4.40. The minimum Gasteiger partial charge on any atom is -0.397 e. The Balaban J connectivity index is 1.93. The normalized spacial score (nSPS) is 13.8. The first kappa shape index (κ1) is 13.3. The lowest BCUT2D eigenvalue weighted by molar-refractivity contribution is 0.680. The molecule has 0 unspecified atom stereocenters. The van der Waals surface area contributed by atoms with Gasteiger partial charge in [0.25, 0.3) is 0 Å². The van der Waals surface area contributed by atoms with Gasteiger partial charge < -0.3 is 10.6 Å². The van der Waals surface area contributed by atoms with E-state index in [0.717, 1.165) is 53.7 Å². The maximum absolute atomic E-state index is 6.43. The van der Waals surface area contributed by atoms with E-state index in [-0.39, 0.29) is 0 Å². The van der Waals surface area contributed by atoms with Crippen molar-refractivity contribution >= 4 is 23.0 Å². The van der Waals surface area contributed by atoms with Crippen molar-refractivity contribution in [3.63, 3.8) is 0 Å². The van der Waals surface area contributed by atoms with Crippen LogP contribution in [0.1, 0.15) is 23.9 Å². The maximum Gasteiger partial charge on any atom is 0.0868 e. The summed E-state index contributed by atoms with van der Waals surface area (Å²) in [6, 6.07) is 6.12. The van der Waals surface area contributed by atoms with Crippen molar-refractivity contribution in [2.45, 2.75) is 26.3 Å². The highest BCUT2D eigenvalue weighted by molar-refractivity contribution is 6.31. The molecule has 0 saturated heterocycles. The zero-order valence-corrected chi connectivity index (χ0v) is 12.6. The van der Waals surface area contributed by atoms with Gasteiger partial charge in [-0.1, -0.05) is 30.7 Å². The summed E-state index contributed by atoms with van der Waals surface area (Å²) in [5.41, 5.74) is 11.5. The van der Waals surface area contributed by atoms with Crippen LogP contribution in [0.25, 0.3) is 0 Å². The number of rotatable bonds is 3. The standard InChI is InChI=1S/C15H19ClN4/c1-3-12-14(16)13(19(2)18-12)9-20-8-7-10-5-4-6-11(17)15(10)20/h4-6H,3,7-9,17H2,1-2H3. The highest BCUT2D eigenvalue weighted by Gasteiger charge is 2.24. The number of benzene rings is 1. The summed E-state index contributed by atoms with van der Waals surface area (Å²) < 4.78 is 1.89. The Bertz CT molecular complexity index is 648. The van der Waals surface area contributed by atoms with Crippen LogP contribution >= 0.6 is 11.6 Å². The van der Waals surface area contributed by atoms with Gasteiger partial charge in [0.1, 0.15) is 0 Å². The summed E-state index contributed by atoms with van der Waals surface area (Å²) in [5.74, 6) is 0. The van der Waals surface area contributed by atoms with Crippen molar-refractivity contribution in [3.8, 4) is 0 Å². The van der Waals surface area contributed by atoms with Gasteiger partial charge in [0.2, 0.25) is 0 Å². The van der Waals surface area contributed by atoms with Gasteiger partial charge in [-0.15, -0.1) is 0 Å². The summed E-state index contributed by atoms with van der Waals surface area (Å²) in [6.45, 7) is 3.80. The van der Waals surface area contributed by atoms with Crippen LogP contribution in [0.2, 0.25) is 5.02 Å². The molecular formula is C15H19ClN4. The van der Waals surface area contributed by atoms with Crippen molar-refractivity contribution in [1.29, 1.82) is 0 Å². The highest BCUT2D eigenvalue weighted by atomic mass is 35.5. The van der Waals surface area contributed by atoms with E-state index in [4.69, 9.17) is 17.3 Å². The predicted molar refractivity (Wildman–Crippen MR) is 83.2 cm³/mol. The lowest BCUT2D eigenvalue weighted by Crippen LogP contribution is -2.22. The first-order valence-corrected chi connectivity index (χ1v) is 7.32. The molecule has 2 aromatic rings. The Morgan fingerprint density at radius 1 is 1.40 bits per heavy atom. The average Bonchev–Trinajstić information content (AvgIpc) is 2.96. The molecule has 0 aliphatic carbocycles. The molecule has 0 atom stereocenters. The average molecular weight is 291 g/mol. The molecule has 4 nitrogen and oxygen atoms in total. The second-order valence-electron chi connectivity index (χ2n) is 5.21. The molecule has 20 heavy (non-hydrogen) atoms. The monoisotopic (exact) mass is 290 g/mol. The fraction of sp³-hybridized carbons (Fsp3) is 0.400. The molecular weight excluding hydrogens is 272 g/mol. The minimum absolute atomic E-state index is 0.754. The number of para-hydroxylation sites is 1. The molecule has 0 bridgehead atoms. The number of aryl methyl sites for hydroxylation is 2. The van der Waals surface area contributed by atoms with E-state index in [2.05, 4.69) is 23.0 Å². The molecule has 0 fully saturated rings. The third-order valence-electron chi connectivity index (χ3n) is 3.96. The Morgan fingerprint density at radius 2 is 2.20 bits per heavy atom. The number of fused-ring (bicyclic) bond motifs is 1. The molecule has 5 heteroatoms. The van der Waals surface area contributed by atoms with Gasteiger partial charge in [0.05, 0.1) is 34.3 Å². The van der Waals surface area contributed by atoms with E-state index in [9.17, 15) is 0 Å². The van der Waals surface area contributed by atoms with Gasteiger partial charge in [0.15, 0.2) is 0 Å². The topological polar surface area (TPSA) is 47.1 Å². The molecule has 1 aromatic carbocycles. The summed E-state index contributed by atoms with van der Waals surface area (Å²) in [6.07, 6.45) is 1.89. The molecule has 1 aliphatic rings. The van der Waals surface area contributed by atoms with Crippen LogP contribution < -0.4 is 10.6 Å².